The number of ether oxygens (including phenoxy) is 1. The quantitative estimate of drug-likeness (QED) is 0.884. The number of hydrogen-bond acceptors (Lipinski definition) is 4. The van der Waals surface area contributed by atoms with E-state index in [9.17, 15) is 0 Å². The second-order valence-corrected chi connectivity index (χ2v) is 5.11. The molecule has 1 atom stereocenters. The monoisotopic (exact) mass is 285 g/mol. The van der Waals surface area contributed by atoms with Crippen LogP contribution in [0.2, 0.25) is 0 Å². The van der Waals surface area contributed by atoms with Gasteiger partial charge in [0.2, 0.25) is 0 Å². The molecular weight excluding hydrogens is 262 g/mol. The van der Waals surface area contributed by atoms with Gasteiger partial charge in [-0.05, 0) is 37.1 Å². The zero-order valence-electron chi connectivity index (χ0n) is 13.1. The maximum Gasteiger partial charge on any atom is 0.130 e. The third-order valence-corrected chi connectivity index (χ3v) is 3.72. The van der Waals surface area contributed by atoms with E-state index in [2.05, 4.69) is 35.2 Å². The van der Waals surface area contributed by atoms with Crippen LogP contribution < -0.4 is 15.0 Å². The van der Waals surface area contributed by atoms with Crippen LogP contribution in [0.1, 0.15) is 12.5 Å². The van der Waals surface area contributed by atoms with Crippen molar-refractivity contribution in [3.8, 4) is 5.75 Å². The van der Waals surface area contributed by atoms with E-state index in [-0.39, 0.29) is 0 Å². The largest absolute Gasteiger partial charge is 0.496 e. The number of nitrogens with one attached hydrogen (secondary N) is 1. The number of aromatic nitrogens is 1. The molecule has 0 saturated carbocycles. The predicted molar refractivity (Wildman–Crippen MR) is 88.3 cm³/mol. The Kier molecular flexibility index (Phi) is 5.04. The molecule has 1 aromatic heterocycles. The number of pyridine rings is 1. The molecule has 0 fully saturated rings. The highest BCUT2D eigenvalue weighted by atomic mass is 16.5. The third kappa shape index (κ3) is 3.66. The van der Waals surface area contributed by atoms with Crippen LogP contribution in [-0.2, 0) is 6.42 Å². The normalized spacial score (nSPS) is 11.8. The van der Waals surface area contributed by atoms with Crippen LogP contribution in [0.4, 0.5) is 11.6 Å². The first-order valence-corrected chi connectivity index (χ1v) is 7.15. The SMILES string of the molecule is CNc1cccc(N(C)C(C)Cc2ccccc2OC)n1. The van der Waals surface area contributed by atoms with Crippen molar-refractivity contribution in [2.75, 3.05) is 31.4 Å². The number of benzene rings is 1. The smallest absolute Gasteiger partial charge is 0.130 e. The first-order valence-electron chi connectivity index (χ1n) is 7.15. The molecule has 2 rings (SSSR count). The van der Waals surface area contributed by atoms with Crippen molar-refractivity contribution >= 4 is 11.6 Å². The highest BCUT2D eigenvalue weighted by Gasteiger charge is 2.14. The molecule has 2 aromatic rings. The lowest BCUT2D eigenvalue weighted by Gasteiger charge is -2.27. The number of hydrogen-bond donors (Lipinski definition) is 1. The maximum absolute atomic E-state index is 5.42. The molecule has 1 aromatic carbocycles. The summed E-state index contributed by atoms with van der Waals surface area (Å²) in [6, 6.07) is 14.5. The number of rotatable bonds is 6. The second-order valence-electron chi connectivity index (χ2n) is 5.11. The molecule has 0 radical (unpaired) electrons. The minimum absolute atomic E-state index is 0.320. The van der Waals surface area contributed by atoms with Gasteiger partial charge in [0.25, 0.3) is 0 Å². The summed E-state index contributed by atoms with van der Waals surface area (Å²) < 4.78 is 5.42. The average Bonchev–Trinajstić information content (AvgIpc) is 2.54. The van der Waals surface area contributed by atoms with Gasteiger partial charge < -0.3 is 15.0 Å². The molecule has 0 saturated heterocycles. The Labute approximate surface area is 126 Å². The van der Waals surface area contributed by atoms with Gasteiger partial charge in [0.15, 0.2) is 0 Å². The molecule has 1 unspecified atom stereocenters. The van der Waals surface area contributed by atoms with Crippen LogP contribution in [0.5, 0.6) is 5.75 Å². The molecule has 0 aliphatic carbocycles. The second kappa shape index (κ2) is 6.97. The summed E-state index contributed by atoms with van der Waals surface area (Å²) in [7, 11) is 5.66. The molecule has 0 spiro atoms. The van der Waals surface area contributed by atoms with Crippen molar-refractivity contribution in [2.45, 2.75) is 19.4 Å². The molecule has 1 heterocycles. The Morgan fingerprint density at radius 1 is 1.19 bits per heavy atom. The molecule has 4 nitrogen and oxygen atoms in total. The summed E-state index contributed by atoms with van der Waals surface area (Å²) in [6.45, 7) is 2.19. The predicted octanol–water partition coefficient (Wildman–Crippen LogP) is 3.20. The molecule has 4 heteroatoms. The summed E-state index contributed by atoms with van der Waals surface area (Å²) in [4.78, 5) is 6.77. The van der Waals surface area contributed by atoms with Crippen LogP contribution in [0.3, 0.4) is 0 Å². The van der Waals surface area contributed by atoms with Gasteiger partial charge in [-0.1, -0.05) is 24.3 Å². The Morgan fingerprint density at radius 3 is 2.67 bits per heavy atom. The van der Waals surface area contributed by atoms with E-state index in [4.69, 9.17) is 4.74 Å². The highest BCUT2D eigenvalue weighted by Crippen LogP contribution is 2.22. The molecule has 112 valence electrons. The van der Waals surface area contributed by atoms with Crippen LogP contribution in [0.25, 0.3) is 0 Å². The van der Waals surface area contributed by atoms with Crippen LogP contribution in [0.15, 0.2) is 42.5 Å². The van der Waals surface area contributed by atoms with Crippen LogP contribution >= 0.6 is 0 Å². The van der Waals surface area contributed by atoms with Crippen LogP contribution in [-0.4, -0.2) is 32.2 Å². The number of para-hydroxylation sites is 1. The fourth-order valence-corrected chi connectivity index (χ4v) is 2.31. The van der Waals surface area contributed by atoms with E-state index in [1.807, 2.05) is 43.4 Å². The Hall–Kier alpha value is -2.23. The van der Waals surface area contributed by atoms with E-state index in [0.29, 0.717) is 6.04 Å². The van der Waals surface area contributed by atoms with Crippen molar-refractivity contribution in [1.29, 1.82) is 0 Å². The van der Waals surface area contributed by atoms with Gasteiger partial charge in [-0.2, -0.15) is 0 Å². The van der Waals surface area contributed by atoms with Gasteiger partial charge in [0, 0.05) is 20.1 Å². The van der Waals surface area contributed by atoms with E-state index in [1.165, 1.54) is 5.56 Å². The number of anilines is 2. The fraction of sp³-hybridized carbons (Fsp3) is 0.353. The zero-order valence-corrected chi connectivity index (χ0v) is 13.1. The van der Waals surface area contributed by atoms with E-state index in [0.717, 1.165) is 23.8 Å². The minimum Gasteiger partial charge on any atom is -0.496 e. The lowest BCUT2D eigenvalue weighted by molar-refractivity contribution is 0.408. The number of methoxy groups -OCH3 is 1. The van der Waals surface area contributed by atoms with Crippen molar-refractivity contribution < 1.29 is 4.74 Å². The average molecular weight is 285 g/mol. The molecule has 0 aliphatic rings. The molecular formula is C17H23N3O. The van der Waals surface area contributed by atoms with E-state index < -0.39 is 0 Å². The number of nitrogens with zero attached hydrogens (tertiary/aromatic N) is 2. The topological polar surface area (TPSA) is 37.4 Å². The van der Waals surface area contributed by atoms with Gasteiger partial charge in [0.05, 0.1) is 7.11 Å². The van der Waals surface area contributed by atoms with Crippen molar-refractivity contribution in [2.24, 2.45) is 0 Å². The minimum atomic E-state index is 0.320. The molecule has 1 N–H and O–H groups in total. The highest BCUT2D eigenvalue weighted by molar-refractivity contribution is 5.47. The third-order valence-electron chi connectivity index (χ3n) is 3.72. The lowest BCUT2D eigenvalue weighted by Crippen LogP contribution is -2.31. The number of likely N-dealkylation sites (N-methyl/N-ethyl adjacent to an activating group) is 1. The lowest BCUT2D eigenvalue weighted by atomic mass is 10.1. The zero-order chi connectivity index (χ0) is 15.2. The van der Waals surface area contributed by atoms with Gasteiger partial charge in [-0.15, -0.1) is 0 Å². The fourth-order valence-electron chi connectivity index (χ4n) is 2.31. The van der Waals surface area contributed by atoms with E-state index in [1.54, 1.807) is 7.11 Å². The van der Waals surface area contributed by atoms with Crippen LogP contribution in [0, 0.1) is 0 Å². The van der Waals surface area contributed by atoms with Crippen molar-refractivity contribution in [1.82, 2.24) is 4.98 Å². The Balaban J connectivity index is 2.13. The maximum atomic E-state index is 5.42. The molecule has 0 aliphatic heterocycles. The molecule has 0 amide bonds. The van der Waals surface area contributed by atoms with Gasteiger partial charge in [0.1, 0.15) is 17.4 Å². The van der Waals surface area contributed by atoms with Gasteiger partial charge >= 0.3 is 0 Å². The molecule has 0 bridgehead atoms. The summed E-state index contributed by atoms with van der Waals surface area (Å²) in [5.41, 5.74) is 1.21. The Morgan fingerprint density at radius 2 is 1.95 bits per heavy atom. The summed E-state index contributed by atoms with van der Waals surface area (Å²) in [5, 5.41) is 3.07. The van der Waals surface area contributed by atoms with Crippen molar-refractivity contribution in [3.05, 3.63) is 48.0 Å². The van der Waals surface area contributed by atoms with Crippen molar-refractivity contribution in [3.63, 3.8) is 0 Å². The van der Waals surface area contributed by atoms with Gasteiger partial charge in [-0.25, -0.2) is 4.98 Å². The Bertz CT molecular complexity index is 586. The summed E-state index contributed by atoms with van der Waals surface area (Å²) >= 11 is 0. The first kappa shape index (κ1) is 15.2. The van der Waals surface area contributed by atoms with E-state index >= 15 is 0 Å². The first-order chi connectivity index (χ1) is 10.2. The molecule has 21 heavy (non-hydrogen) atoms. The summed E-state index contributed by atoms with van der Waals surface area (Å²) in [6.07, 6.45) is 0.909. The van der Waals surface area contributed by atoms with Gasteiger partial charge in [-0.3, -0.25) is 0 Å². The standard InChI is InChI=1S/C17H23N3O/c1-13(12-14-8-5-6-9-15(14)21-4)20(3)17-11-7-10-16(18-2)19-17/h5-11,13H,12H2,1-4H3,(H,18,19). The summed E-state index contributed by atoms with van der Waals surface area (Å²) in [5.74, 6) is 2.78.